The maximum atomic E-state index is 14.6. The van der Waals surface area contributed by atoms with Crippen LogP contribution in [0.4, 0.5) is 9.18 Å². The van der Waals surface area contributed by atoms with E-state index in [1.807, 2.05) is 0 Å². The summed E-state index contributed by atoms with van der Waals surface area (Å²) in [6, 6.07) is 4.13. The lowest BCUT2D eigenvalue weighted by molar-refractivity contribution is 0.0561. The van der Waals surface area contributed by atoms with Crippen LogP contribution in [0, 0.1) is 22.9 Å². The molecule has 1 aromatic rings. The number of aliphatic imine (C=N–C) groups is 1. The van der Waals surface area contributed by atoms with Crippen LogP contribution in [0.15, 0.2) is 23.2 Å². The third kappa shape index (κ3) is 4.20. The van der Waals surface area contributed by atoms with Crippen LogP contribution < -0.4 is 5.32 Å². The number of terminal acetylenes is 1. The van der Waals surface area contributed by atoms with E-state index in [1.54, 1.807) is 41.5 Å². The summed E-state index contributed by atoms with van der Waals surface area (Å²) >= 11 is 0. The summed E-state index contributed by atoms with van der Waals surface area (Å²) in [5, 5.41) is 2.52. The van der Waals surface area contributed by atoms with Gasteiger partial charge in [0.1, 0.15) is 27.5 Å². The normalized spacial score (nSPS) is 26.7. The summed E-state index contributed by atoms with van der Waals surface area (Å²) in [4.78, 5) is 16.8. The van der Waals surface area contributed by atoms with Gasteiger partial charge in [0.05, 0.1) is 15.5 Å². The zero-order chi connectivity index (χ0) is 21.5. The third-order valence-corrected chi connectivity index (χ3v) is 7.38. The minimum atomic E-state index is -3.31. The molecule has 0 bridgehead atoms. The Hall–Kier alpha value is -2.40. The first-order valence-corrected chi connectivity index (χ1v) is 10.5. The van der Waals surface area contributed by atoms with Crippen molar-refractivity contribution in [2.24, 2.45) is 4.99 Å². The number of amidine groups is 1. The first-order chi connectivity index (χ1) is 12.6. The molecule has 0 saturated heterocycles. The van der Waals surface area contributed by atoms with Crippen molar-refractivity contribution >= 4 is 21.7 Å². The Morgan fingerprint density at radius 2 is 2.00 bits per heavy atom. The Balaban J connectivity index is 2.61. The number of hydrogen-bond donors (Lipinski definition) is 2. The largest absolute Gasteiger partial charge is 0.444 e. The lowest BCUT2D eigenvalue weighted by Gasteiger charge is -2.41. The molecule has 1 aromatic carbocycles. The molecule has 28 heavy (non-hydrogen) atoms. The predicted octanol–water partition coefficient (Wildman–Crippen LogP) is 3.78. The Labute approximate surface area is 165 Å². The molecule has 0 aromatic heterocycles. The molecular formula is C20H26FN3O3S. The smallest absolute Gasteiger partial charge is 0.413 e. The van der Waals surface area contributed by atoms with Gasteiger partial charge in [0, 0.05) is 11.1 Å². The second-order valence-corrected chi connectivity index (χ2v) is 11.2. The molecule has 2 atom stereocenters. The fourth-order valence-electron chi connectivity index (χ4n) is 2.89. The molecule has 8 heteroatoms. The van der Waals surface area contributed by atoms with Crippen molar-refractivity contribution < 1.29 is 18.1 Å². The number of benzene rings is 1. The van der Waals surface area contributed by atoms with E-state index in [1.165, 1.54) is 18.2 Å². The van der Waals surface area contributed by atoms with Crippen LogP contribution >= 0.6 is 0 Å². The highest BCUT2D eigenvalue weighted by molar-refractivity contribution is 7.94. The Morgan fingerprint density at radius 1 is 1.39 bits per heavy atom. The Kier molecular flexibility index (Phi) is 5.39. The van der Waals surface area contributed by atoms with E-state index in [0.717, 1.165) is 0 Å². The van der Waals surface area contributed by atoms with E-state index in [0.29, 0.717) is 5.56 Å². The quantitative estimate of drug-likeness (QED) is 0.694. The van der Waals surface area contributed by atoms with Crippen LogP contribution in [0.3, 0.4) is 0 Å². The molecule has 0 fully saturated rings. The molecule has 1 heterocycles. The van der Waals surface area contributed by atoms with Crippen molar-refractivity contribution in [2.75, 3.05) is 5.75 Å². The summed E-state index contributed by atoms with van der Waals surface area (Å²) in [5.74, 6) is 1.67. The highest BCUT2D eigenvalue weighted by Crippen LogP contribution is 2.38. The molecular weight excluding hydrogens is 381 g/mol. The zero-order valence-corrected chi connectivity index (χ0v) is 17.8. The summed E-state index contributed by atoms with van der Waals surface area (Å²) in [7, 11) is -3.31. The van der Waals surface area contributed by atoms with Crippen LogP contribution in [0.2, 0.25) is 0 Å². The second kappa shape index (κ2) is 6.89. The molecule has 6 nitrogen and oxygen atoms in total. The predicted molar refractivity (Wildman–Crippen MR) is 108 cm³/mol. The average molecular weight is 408 g/mol. The first-order valence-electron chi connectivity index (χ1n) is 8.74. The molecule has 0 aliphatic carbocycles. The van der Waals surface area contributed by atoms with Crippen molar-refractivity contribution in [3.05, 3.63) is 35.1 Å². The minimum absolute atomic E-state index is 0.0148. The van der Waals surface area contributed by atoms with Gasteiger partial charge in [-0.1, -0.05) is 5.92 Å². The van der Waals surface area contributed by atoms with Crippen molar-refractivity contribution in [1.82, 2.24) is 5.32 Å². The van der Waals surface area contributed by atoms with E-state index >= 15 is 0 Å². The monoisotopic (exact) mass is 407 g/mol. The van der Waals surface area contributed by atoms with Crippen LogP contribution in [-0.2, 0) is 20.0 Å². The first kappa shape index (κ1) is 21.9. The van der Waals surface area contributed by atoms with Crippen LogP contribution in [0.25, 0.3) is 0 Å². The van der Waals surface area contributed by atoms with E-state index < -0.39 is 37.5 Å². The number of nitrogens with one attached hydrogen (secondary N) is 2. The molecule has 1 amide bonds. The highest BCUT2D eigenvalue weighted by Gasteiger charge is 2.48. The molecule has 1 aliphatic rings. The van der Waals surface area contributed by atoms with Crippen LogP contribution in [0.5, 0.6) is 0 Å². The average Bonchev–Trinajstić information content (AvgIpc) is 2.51. The van der Waals surface area contributed by atoms with E-state index in [-0.39, 0.29) is 17.2 Å². The molecule has 152 valence electrons. The number of alkyl carbamates (subject to hydrolysis) is 1. The van der Waals surface area contributed by atoms with Gasteiger partial charge in [0.25, 0.3) is 0 Å². The number of hydrogen-bond acceptors (Lipinski definition) is 5. The maximum absolute atomic E-state index is 14.6. The SMILES string of the molecule is C#Cc1ccc(F)c([C@]2(C)C[S@@](=N)(=O)C(C)(C)C(NC(=O)OC(C)(C)C)=N2)c1. The number of carbonyl (C=O) groups excluding carboxylic acids is 1. The van der Waals surface area contributed by atoms with Gasteiger partial charge in [-0.25, -0.2) is 13.4 Å². The van der Waals surface area contributed by atoms with E-state index in [4.69, 9.17) is 15.9 Å². The van der Waals surface area contributed by atoms with Crippen LogP contribution in [0.1, 0.15) is 52.7 Å². The number of carbonyl (C=O) groups is 1. The van der Waals surface area contributed by atoms with Crippen molar-refractivity contribution in [3.8, 4) is 12.3 Å². The summed E-state index contributed by atoms with van der Waals surface area (Å²) in [6.07, 6.45) is 4.63. The van der Waals surface area contributed by atoms with Gasteiger partial charge in [0.2, 0.25) is 0 Å². The standard InChI is InChI=1S/C20H26FN3O3S/c1-8-13-9-10-15(21)14(11-13)20(7)12-28(22,26)19(5,6)16(24-20)23-17(25)27-18(2,3)4/h1,9-11,22H,12H2,2-7H3,(H,23,24,25)/t20-,28+/m0/s1. The van der Waals surface area contributed by atoms with Gasteiger partial charge < -0.3 is 4.74 Å². The van der Waals surface area contributed by atoms with Crippen molar-refractivity contribution in [1.29, 1.82) is 4.78 Å². The topological polar surface area (TPSA) is 91.6 Å². The Morgan fingerprint density at radius 3 is 2.54 bits per heavy atom. The summed E-state index contributed by atoms with van der Waals surface area (Å²) in [6.45, 7) is 9.82. The van der Waals surface area contributed by atoms with Gasteiger partial charge in [-0.2, -0.15) is 0 Å². The Bertz CT molecular complexity index is 985. The summed E-state index contributed by atoms with van der Waals surface area (Å²) in [5.41, 5.74) is -1.52. The van der Waals surface area contributed by atoms with E-state index in [2.05, 4.69) is 16.2 Å². The fraction of sp³-hybridized carbons (Fsp3) is 0.500. The molecule has 1 aliphatic heterocycles. The van der Waals surface area contributed by atoms with Gasteiger partial charge >= 0.3 is 6.09 Å². The van der Waals surface area contributed by atoms with Crippen LogP contribution in [-0.4, -0.2) is 32.2 Å². The zero-order valence-electron chi connectivity index (χ0n) is 17.0. The van der Waals surface area contributed by atoms with Gasteiger partial charge in [-0.15, -0.1) is 6.42 Å². The third-order valence-electron chi connectivity index (χ3n) is 4.57. The number of rotatable bonds is 1. The highest BCUT2D eigenvalue weighted by atomic mass is 32.2. The van der Waals surface area contributed by atoms with Gasteiger partial charge in [-0.3, -0.25) is 15.1 Å². The molecule has 0 radical (unpaired) electrons. The lowest BCUT2D eigenvalue weighted by Crippen LogP contribution is -2.57. The second-order valence-electron chi connectivity index (χ2n) is 8.53. The van der Waals surface area contributed by atoms with Crippen molar-refractivity contribution in [2.45, 2.75) is 57.4 Å². The maximum Gasteiger partial charge on any atom is 0.413 e. The number of halogens is 1. The van der Waals surface area contributed by atoms with E-state index in [9.17, 15) is 13.4 Å². The number of amides is 1. The molecule has 0 spiro atoms. The lowest BCUT2D eigenvalue weighted by atomic mass is 9.92. The number of ether oxygens (including phenoxy) is 1. The molecule has 2 rings (SSSR count). The molecule has 0 unspecified atom stereocenters. The molecule has 0 saturated carbocycles. The van der Waals surface area contributed by atoms with Gasteiger partial charge in [-0.05, 0) is 59.7 Å². The molecule has 2 N–H and O–H groups in total. The number of nitrogens with zero attached hydrogens (tertiary/aromatic N) is 1. The van der Waals surface area contributed by atoms with Crippen molar-refractivity contribution in [3.63, 3.8) is 0 Å². The van der Waals surface area contributed by atoms with Gasteiger partial charge in [0.15, 0.2) is 0 Å². The fourth-order valence-corrected chi connectivity index (χ4v) is 4.67. The summed E-state index contributed by atoms with van der Waals surface area (Å²) < 4.78 is 40.2. The minimum Gasteiger partial charge on any atom is -0.444 e.